The van der Waals surface area contributed by atoms with Crippen molar-refractivity contribution in [2.75, 3.05) is 13.1 Å². The van der Waals surface area contributed by atoms with Crippen molar-refractivity contribution in [3.8, 4) is 0 Å². The Kier molecular flexibility index (Phi) is 4.11. The highest BCUT2D eigenvalue weighted by molar-refractivity contribution is 5.81. The molecule has 2 heterocycles. The van der Waals surface area contributed by atoms with Crippen LogP contribution in [0.5, 0.6) is 0 Å². The summed E-state index contributed by atoms with van der Waals surface area (Å²) in [4.78, 5) is 29.6. The van der Waals surface area contributed by atoms with Crippen molar-refractivity contribution in [3.05, 3.63) is 18.7 Å². The van der Waals surface area contributed by atoms with Crippen molar-refractivity contribution in [1.29, 1.82) is 0 Å². The average molecular weight is 279 g/mol. The summed E-state index contributed by atoms with van der Waals surface area (Å²) in [6, 6.07) is 0. The largest absolute Gasteiger partial charge is 0.444 e. The van der Waals surface area contributed by atoms with Gasteiger partial charge in [-0.2, -0.15) is 0 Å². The maximum atomic E-state index is 12.2. The number of rotatable bonds is 1. The topological polar surface area (TPSA) is 64.4 Å². The van der Waals surface area contributed by atoms with Gasteiger partial charge in [0.15, 0.2) is 0 Å². The van der Waals surface area contributed by atoms with Crippen LogP contribution in [-0.2, 0) is 4.74 Å². The summed E-state index contributed by atoms with van der Waals surface area (Å²) in [5, 5.41) is 0. The molecule has 1 aromatic rings. The lowest BCUT2D eigenvalue weighted by atomic mass is 9.96. The fraction of sp³-hybridized carbons (Fsp3) is 0.643. The molecule has 1 amide bonds. The molecule has 0 N–H and O–H groups in total. The van der Waals surface area contributed by atoms with Crippen LogP contribution < -0.4 is 0 Å². The second-order valence-corrected chi connectivity index (χ2v) is 6.05. The zero-order chi connectivity index (χ0) is 14.8. The third-order valence-electron chi connectivity index (χ3n) is 3.25. The van der Waals surface area contributed by atoms with Crippen LogP contribution in [0.3, 0.4) is 0 Å². The predicted octanol–water partition coefficient (Wildman–Crippen LogP) is 2.17. The minimum atomic E-state index is -0.486. The van der Waals surface area contributed by atoms with Crippen molar-refractivity contribution < 1.29 is 14.3 Å². The molecule has 0 spiro atoms. The molecule has 0 unspecified atom stereocenters. The van der Waals surface area contributed by atoms with Crippen molar-refractivity contribution in [3.63, 3.8) is 0 Å². The minimum absolute atomic E-state index is 0.0475. The molecule has 0 aromatic carbocycles. The molecule has 6 heteroatoms. The lowest BCUT2D eigenvalue weighted by molar-refractivity contribution is 0.0176. The van der Waals surface area contributed by atoms with Crippen molar-refractivity contribution in [1.82, 2.24) is 14.5 Å². The predicted molar refractivity (Wildman–Crippen MR) is 73.4 cm³/mol. The van der Waals surface area contributed by atoms with Crippen LogP contribution in [0.4, 0.5) is 4.79 Å². The van der Waals surface area contributed by atoms with E-state index in [4.69, 9.17) is 4.74 Å². The Hall–Kier alpha value is -1.85. The first-order valence-electron chi connectivity index (χ1n) is 6.87. The first kappa shape index (κ1) is 14.6. The summed E-state index contributed by atoms with van der Waals surface area (Å²) in [5.41, 5.74) is -0.486. The first-order valence-corrected chi connectivity index (χ1v) is 6.87. The first-order chi connectivity index (χ1) is 9.37. The lowest BCUT2D eigenvalue weighted by Crippen LogP contribution is -2.43. The highest BCUT2D eigenvalue weighted by atomic mass is 16.6. The van der Waals surface area contributed by atoms with E-state index < -0.39 is 5.60 Å². The highest BCUT2D eigenvalue weighted by Crippen LogP contribution is 2.21. The van der Waals surface area contributed by atoms with E-state index in [0.717, 1.165) is 0 Å². The monoisotopic (exact) mass is 279 g/mol. The van der Waals surface area contributed by atoms with E-state index in [1.54, 1.807) is 17.3 Å². The number of ether oxygens (including phenoxy) is 1. The fourth-order valence-corrected chi connectivity index (χ4v) is 2.24. The van der Waals surface area contributed by atoms with E-state index in [-0.39, 0.29) is 17.9 Å². The Bertz CT molecular complexity index is 468. The van der Waals surface area contributed by atoms with Crippen LogP contribution in [0, 0.1) is 5.92 Å². The summed E-state index contributed by atoms with van der Waals surface area (Å²) < 4.78 is 6.84. The summed E-state index contributed by atoms with van der Waals surface area (Å²) in [7, 11) is 0. The third kappa shape index (κ3) is 3.59. The molecule has 0 saturated carbocycles. The number of piperidine rings is 1. The standard InChI is InChI=1S/C14H21N3O3/c1-14(2,3)20-13(19)16-7-4-11(5-8-16)12(18)17-9-6-15-10-17/h6,9-11H,4-5,7-8H2,1-3H3. The molecule has 1 aromatic heterocycles. The van der Waals surface area contributed by atoms with Crippen LogP contribution in [0.2, 0.25) is 0 Å². The number of likely N-dealkylation sites (tertiary alicyclic amines) is 1. The number of amides is 1. The molecule has 6 nitrogen and oxygen atoms in total. The molecular formula is C14H21N3O3. The molecule has 1 aliphatic heterocycles. The minimum Gasteiger partial charge on any atom is -0.444 e. The number of carbonyl (C=O) groups excluding carboxylic acids is 2. The second-order valence-electron chi connectivity index (χ2n) is 6.05. The van der Waals surface area contributed by atoms with Gasteiger partial charge in [-0.15, -0.1) is 0 Å². The van der Waals surface area contributed by atoms with Gasteiger partial charge in [0, 0.05) is 31.4 Å². The number of carbonyl (C=O) groups is 2. The molecule has 0 atom stereocenters. The summed E-state index contributed by atoms with van der Waals surface area (Å²) in [6.07, 6.45) is 5.79. The van der Waals surface area contributed by atoms with Gasteiger partial charge in [-0.3, -0.25) is 9.36 Å². The van der Waals surface area contributed by atoms with E-state index in [9.17, 15) is 9.59 Å². The highest BCUT2D eigenvalue weighted by Gasteiger charge is 2.30. The molecular weight excluding hydrogens is 258 g/mol. The second kappa shape index (κ2) is 5.64. The quantitative estimate of drug-likeness (QED) is 0.790. The number of imidazole rings is 1. The van der Waals surface area contributed by atoms with Crippen molar-refractivity contribution in [2.24, 2.45) is 5.92 Å². The van der Waals surface area contributed by atoms with E-state index in [1.807, 2.05) is 20.8 Å². The van der Waals surface area contributed by atoms with Crippen LogP contribution in [0.15, 0.2) is 18.7 Å². The van der Waals surface area contributed by atoms with E-state index >= 15 is 0 Å². The Morgan fingerprint density at radius 3 is 2.40 bits per heavy atom. The van der Waals surface area contributed by atoms with E-state index in [2.05, 4.69) is 4.98 Å². The van der Waals surface area contributed by atoms with Crippen LogP contribution in [0.1, 0.15) is 38.4 Å². The Balaban J connectivity index is 1.86. The van der Waals surface area contributed by atoms with Gasteiger partial charge in [-0.25, -0.2) is 9.78 Å². The fourth-order valence-electron chi connectivity index (χ4n) is 2.24. The van der Waals surface area contributed by atoms with Gasteiger partial charge in [0.2, 0.25) is 5.91 Å². The summed E-state index contributed by atoms with van der Waals surface area (Å²) in [6.45, 7) is 6.65. The molecule has 2 rings (SSSR count). The average Bonchev–Trinajstić information content (AvgIpc) is 2.90. The maximum Gasteiger partial charge on any atom is 0.410 e. The molecule has 20 heavy (non-hydrogen) atoms. The Morgan fingerprint density at radius 1 is 1.25 bits per heavy atom. The Morgan fingerprint density at radius 2 is 1.90 bits per heavy atom. The summed E-state index contributed by atoms with van der Waals surface area (Å²) >= 11 is 0. The maximum absolute atomic E-state index is 12.2. The van der Waals surface area contributed by atoms with Crippen LogP contribution in [-0.4, -0.2) is 45.1 Å². The molecule has 0 bridgehead atoms. The van der Waals surface area contributed by atoms with Gasteiger partial charge in [0.05, 0.1) is 0 Å². The number of nitrogens with zero attached hydrogens (tertiary/aromatic N) is 3. The van der Waals surface area contributed by atoms with Gasteiger partial charge < -0.3 is 9.64 Å². The number of hydrogen-bond acceptors (Lipinski definition) is 4. The molecule has 1 saturated heterocycles. The van der Waals surface area contributed by atoms with Crippen LogP contribution in [0.25, 0.3) is 0 Å². The molecule has 1 fully saturated rings. The number of aromatic nitrogens is 2. The van der Waals surface area contributed by atoms with Gasteiger partial charge in [0.25, 0.3) is 0 Å². The normalized spacial score (nSPS) is 17.1. The smallest absolute Gasteiger partial charge is 0.410 e. The van der Waals surface area contributed by atoms with E-state index in [0.29, 0.717) is 25.9 Å². The van der Waals surface area contributed by atoms with Gasteiger partial charge in [0.1, 0.15) is 11.9 Å². The van der Waals surface area contributed by atoms with Crippen LogP contribution >= 0.6 is 0 Å². The van der Waals surface area contributed by atoms with Crippen molar-refractivity contribution >= 4 is 12.0 Å². The van der Waals surface area contributed by atoms with Crippen molar-refractivity contribution in [2.45, 2.75) is 39.2 Å². The molecule has 110 valence electrons. The third-order valence-corrected chi connectivity index (χ3v) is 3.25. The van der Waals surface area contributed by atoms with Gasteiger partial charge in [-0.1, -0.05) is 0 Å². The zero-order valence-corrected chi connectivity index (χ0v) is 12.2. The zero-order valence-electron chi connectivity index (χ0n) is 12.2. The van der Waals surface area contributed by atoms with Gasteiger partial charge >= 0.3 is 6.09 Å². The molecule has 1 aliphatic rings. The molecule has 0 radical (unpaired) electrons. The Labute approximate surface area is 118 Å². The van der Waals surface area contributed by atoms with E-state index in [1.165, 1.54) is 10.9 Å². The SMILES string of the molecule is CC(C)(C)OC(=O)N1CCC(C(=O)n2ccnc2)CC1. The van der Waals surface area contributed by atoms with Gasteiger partial charge in [-0.05, 0) is 33.6 Å². The number of hydrogen-bond donors (Lipinski definition) is 0. The lowest BCUT2D eigenvalue weighted by Gasteiger charge is -2.32. The summed E-state index contributed by atoms with van der Waals surface area (Å²) in [5.74, 6) is -0.00535. The molecule has 0 aliphatic carbocycles.